The van der Waals surface area contributed by atoms with Gasteiger partial charge in [-0.15, -0.1) is 11.3 Å². The molecule has 0 radical (unpaired) electrons. The van der Waals surface area contributed by atoms with Crippen molar-refractivity contribution >= 4 is 38.0 Å². The van der Waals surface area contributed by atoms with Crippen LogP contribution in [0.3, 0.4) is 0 Å². The lowest BCUT2D eigenvalue weighted by molar-refractivity contribution is 0.0941. The van der Waals surface area contributed by atoms with Gasteiger partial charge in [0.2, 0.25) is 0 Å². The van der Waals surface area contributed by atoms with Gasteiger partial charge < -0.3 is 15.4 Å². The first-order valence-corrected chi connectivity index (χ1v) is 13.0. The Morgan fingerprint density at radius 1 is 1.13 bits per heavy atom. The third-order valence-electron chi connectivity index (χ3n) is 5.89. The Balaban J connectivity index is 1.60. The number of benzene rings is 1. The van der Waals surface area contributed by atoms with E-state index >= 15 is 0 Å². The monoisotopic (exact) mass is 462 g/mol. The average Bonchev–Trinajstić information content (AvgIpc) is 3.26. The Morgan fingerprint density at radius 2 is 1.87 bits per heavy atom. The van der Waals surface area contributed by atoms with Gasteiger partial charge >= 0.3 is 0 Å². The van der Waals surface area contributed by atoms with Gasteiger partial charge in [0.1, 0.15) is 10.8 Å². The van der Waals surface area contributed by atoms with Crippen LogP contribution in [0.2, 0.25) is 0 Å². The number of thiophene rings is 1. The second kappa shape index (κ2) is 8.63. The molecule has 2 aliphatic rings. The zero-order valence-corrected chi connectivity index (χ0v) is 19.2. The predicted octanol–water partition coefficient (Wildman–Crippen LogP) is 3.05. The third-order valence-corrected chi connectivity index (χ3v) is 8.82. The number of carbonyl (C=O) groups is 2. The Hall–Kier alpha value is -2.39. The molecule has 7 nitrogen and oxygen atoms in total. The van der Waals surface area contributed by atoms with E-state index in [0.717, 1.165) is 29.7 Å². The largest absolute Gasteiger partial charge is 0.497 e. The van der Waals surface area contributed by atoms with Gasteiger partial charge in [-0.3, -0.25) is 9.59 Å². The zero-order valence-electron chi connectivity index (χ0n) is 17.6. The molecule has 166 valence electrons. The number of hydrogen-bond donors (Lipinski definition) is 2. The highest BCUT2D eigenvalue weighted by molar-refractivity contribution is 7.91. The van der Waals surface area contributed by atoms with E-state index in [1.807, 2.05) is 0 Å². The minimum Gasteiger partial charge on any atom is -0.497 e. The highest BCUT2D eigenvalue weighted by Crippen LogP contribution is 2.40. The zero-order chi connectivity index (χ0) is 22.2. The summed E-state index contributed by atoms with van der Waals surface area (Å²) in [5, 5.41) is 6.33. The Labute approximate surface area is 186 Å². The molecule has 31 heavy (non-hydrogen) atoms. The fourth-order valence-corrected chi connectivity index (χ4v) is 7.24. The van der Waals surface area contributed by atoms with Crippen molar-refractivity contribution in [2.75, 3.05) is 23.9 Å². The van der Waals surface area contributed by atoms with E-state index in [1.54, 1.807) is 31.4 Å². The summed E-state index contributed by atoms with van der Waals surface area (Å²) in [5.41, 5.74) is 1.93. The summed E-state index contributed by atoms with van der Waals surface area (Å²) < 4.78 is 28.7. The molecule has 2 amide bonds. The van der Waals surface area contributed by atoms with Crippen molar-refractivity contribution in [1.29, 1.82) is 0 Å². The van der Waals surface area contributed by atoms with Crippen molar-refractivity contribution in [2.45, 2.75) is 38.6 Å². The molecule has 1 aromatic carbocycles. The molecule has 1 fully saturated rings. The molecule has 2 atom stereocenters. The van der Waals surface area contributed by atoms with Crippen molar-refractivity contribution in [3.05, 3.63) is 45.8 Å². The van der Waals surface area contributed by atoms with Crippen molar-refractivity contribution in [2.24, 2.45) is 5.92 Å². The first-order chi connectivity index (χ1) is 14.8. The van der Waals surface area contributed by atoms with E-state index < -0.39 is 9.84 Å². The lowest BCUT2D eigenvalue weighted by Gasteiger charge is -2.19. The number of carbonyl (C=O) groups excluding carboxylic acids is 2. The molecule has 2 heterocycles. The second-order valence-corrected chi connectivity index (χ2v) is 11.6. The maximum absolute atomic E-state index is 13.2. The summed E-state index contributed by atoms with van der Waals surface area (Å²) in [6.07, 6.45) is 3.05. The van der Waals surface area contributed by atoms with Crippen molar-refractivity contribution < 1.29 is 22.7 Å². The van der Waals surface area contributed by atoms with Crippen LogP contribution in [-0.4, -0.2) is 44.9 Å². The predicted molar refractivity (Wildman–Crippen MR) is 121 cm³/mol. The minimum absolute atomic E-state index is 0.0321. The fourth-order valence-electron chi connectivity index (χ4n) is 4.16. The highest BCUT2D eigenvalue weighted by atomic mass is 32.2. The normalized spacial score (nSPS) is 21.9. The molecule has 1 saturated heterocycles. The number of hydrogen-bond acceptors (Lipinski definition) is 6. The van der Waals surface area contributed by atoms with Gasteiger partial charge in [-0.25, -0.2) is 8.42 Å². The molecule has 0 bridgehead atoms. The maximum atomic E-state index is 13.2. The van der Waals surface area contributed by atoms with Gasteiger partial charge in [-0.05, 0) is 61.4 Å². The van der Waals surface area contributed by atoms with Gasteiger partial charge in [-0.2, -0.15) is 0 Å². The van der Waals surface area contributed by atoms with Gasteiger partial charge in [0.05, 0.1) is 24.2 Å². The second-order valence-electron chi connectivity index (χ2n) is 8.31. The molecule has 0 unspecified atom stereocenters. The number of sulfone groups is 1. The van der Waals surface area contributed by atoms with Crippen LogP contribution < -0.4 is 15.4 Å². The minimum atomic E-state index is -3.10. The summed E-state index contributed by atoms with van der Waals surface area (Å²) in [5.74, 6) is 0.635. The molecule has 4 rings (SSSR count). The summed E-state index contributed by atoms with van der Waals surface area (Å²) in [6.45, 7) is 2.18. The van der Waals surface area contributed by atoms with Gasteiger partial charge in [0.15, 0.2) is 9.84 Å². The van der Waals surface area contributed by atoms with Crippen LogP contribution in [0.4, 0.5) is 5.00 Å². The number of anilines is 1. The maximum Gasteiger partial charge on any atom is 0.256 e. The quantitative estimate of drug-likeness (QED) is 0.711. The summed E-state index contributed by atoms with van der Waals surface area (Å²) >= 11 is 1.45. The van der Waals surface area contributed by atoms with Crippen LogP contribution in [0.25, 0.3) is 0 Å². The van der Waals surface area contributed by atoms with E-state index in [4.69, 9.17) is 4.74 Å². The number of fused-ring (bicyclic) bond motifs is 1. The van der Waals surface area contributed by atoms with E-state index in [1.165, 1.54) is 11.3 Å². The molecule has 1 aliphatic heterocycles. The molecular formula is C22H26N2O5S2. The summed E-state index contributed by atoms with van der Waals surface area (Å²) in [6, 6.07) is 6.38. The number of ether oxygens (including phenoxy) is 1. The van der Waals surface area contributed by atoms with Crippen LogP contribution in [0.15, 0.2) is 24.3 Å². The molecule has 2 N–H and O–H groups in total. The van der Waals surface area contributed by atoms with Gasteiger partial charge in [-0.1, -0.05) is 6.92 Å². The van der Waals surface area contributed by atoms with E-state index in [0.29, 0.717) is 34.2 Å². The molecular weight excluding hydrogens is 436 g/mol. The summed E-state index contributed by atoms with van der Waals surface area (Å²) in [4.78, 5) is 27.1. The SMILES string of the molecule is COc1ccc(C(=O)Nc2sc3c(c2C(=O)N[C@H]2CCS(=O)(=O)C2)CC[C@H](C)C3)cc1. The van der Waals surface area contributed by atoms with Crippen molar-refractivity contribution in [3.63, 3.8) is 0 Å². The van der Waals surface area contributed by atoms with Gasteiger partial charge in [0.25, 0.3) is 11.8 Å². The molecule has 9 heteroatoms. The fraction of sp³-hybridized carbons (Fsp3) is 0.455. The number of nitrogens with one attached hydrogen (secondary N) is 2. The standard InChI is InChI=1S/C22H26N2O5S2/c1-13-3-8-17-18(11-13)30-22(24-20(25)14-4-6-16(29-2)7-5-14)19(17)21(26)23-15-9-10-31(27,28)12-15/h4-7,13,15H,3,8-12H2,1-2H3,(H,23,26)(H,24,25)/t13-,15-/m0/s1. The Kier molecular flexibility index (Phi) is 6.07. The van der Waals surface area contributed by atoms with E-state index in [2.05, 4.69) is 17.6 Å². The number of methoxy groups -OCH3 is 1. The number of rotatable bonds is 5. The van der Waals surface area contributed by atoms with Crippen LogP contribution in [0.1, 0.15) is 50.9 Å². The van der Waals surface area contributed by atoms with Crippen molar-refractivity contribution in [3.8, 4) is 5.75 Å². The molecule has 0 saturated carbocycles. The molecule has 2 aromatic rings. The Morgan fingerprint density at radius 3 is 2.52 bits per heavy atom. The topological polar surface area (TPSA) is 102 Å². The lowest BCUT2D eigenvalue weighted by atomic mass is 9.88. The lowest BCUT2D eigenvalue weighted by Crippen LogP contribution is -2.36. The van der Waals surface area contributed by atoms with E-state index in [-0.39, 0.29) is 29.4 Å². The molecule has 1 aliphatic carbocycles. The van der Waals surface area contributed by atoms with E-state index in [9.17, 15) is 18.0 Å². The average molecular weight is 463 g/mol. The number of amides is 2. The Bertz CT molecular complexity index is 1110. The summed E-state index contributed by atoms with van der Waals surface area (Å²) in [7, 11) is -1.54. The van der Waals surface area contributed by atoms with Crippen LogP contribution in [0, 0.1) is 5.92 Å². The smallest absolute Gasteiger partial charge is 0.256 e. The van der Waals surface area contributed by atoms with Crippen molar-refractivity contribution in [1.82, 2.24) is 5.32 Å². The van der Waals surface area contributed by atoms with Crippen LogP contribution in [-0.2, 0) is 22.7 Å². The first-order valence-electron chi connectivity index (χ1n) is 10.4. The molecule has 1 aromatic heterocycles. The van der Waals surface area contributed by atoms with Crippen LogP contribution >= 0.6 is 11.3 Å². The third kappa shape index (κ3) is 4.77. The first kappa shape index (κ1) is 21.8. The van der Waals surface area contributed by atoms with Gasteiger partial charge in [0, 0.05) is 16.5 Å². The molecule has 0 spiro atoms. The van der Waals surface area contributed by atoms with Crippen LogP contribution in [0.5, 0.6) is 5.75 Å². The highest BCUT2D eigenvalue weighted by Gasteiger charge is 2.33.